The zero-order chi connectivity index (χ0) is 24.9. The first-order valence-electron chi connectivity index (χ1n) is 11.6. The summed E-state index contributed by atoms with van der Waals surface area (Å²) in [5, 5.41) is 20.3. The lowest BCUT2D eigenvalue weighted by Crippen LogP contribution is -2.43. The number of ether oxygens (including phenoxy) is 5. The van der Waals surface area contributed by atoms with Crippen LogP contribution >= 0.6 is 0 Å². The van der Waals surface area contributed by atoms with Gasteiger partial charge in [0.05, 0.1) is 33.0 Å². The van der Waals surface area contributed by atoms with E-state index in [0.29, 0.717) is 31.1 Å². The fourth-order valence-electron chi connectivity index (χ4n) is 3.52. The maximum absolute atomic E-state index is 10.3. The number of aliphatic hydroxyl groups excluding tert-OH is 2. The summed E-state index contributed by atoms with van der Waals surface area (Å²) >= 11 is 0. The molecule has 0 radical (unpaired) electrons. The second-order valence-electron chi connectivity index (χ2n) is 8.18. The van der Waals surface area contributed by atoms with Gasteiger partial charge in [0.1, 0.15) is 30.3 Å². The van der Waals surface area contributed by atoms with Crippen molar-refractivity contribution in [1.29, 1.82) is 0 Å². The molecule has 0 amide bonds. The molecule has 3 unspecified atom stereocenters. The Morgan fingerprint density at radius 2 is 1.54 bits per heavy atom. The van der Waals surface area contributed by atoms with E-state index in [4.69, 9.17) is 23.7 Å². The van der Waals surface area contributed by atoms with Gasteiger partial charge in [-0.15, -0.1) is 13.2 Å². The van der Waals surface area contributed by atoms with Crippen LogP contribution in [0.1, 0.15) is 11.1 Å². The second-order valence-corrected chi connectivity index (χ2v) is 8.18. The highest BCUT2D eigenvalue weighted by Crippen LogP contribution is 2.33. The number of aliphatic hydroxyl groups is 2. The third-order valence-corrected chi connectivity index (χ3v) is 5.16. The van der Waals surface area contributed by atoms with E-state index < -0.39 is 18.0 Å². The quantitative estimate of drug-likeness (QED) is 0.215. The zero-order valence-electron chi connectivity index (χ0n) is 19.9. The number of hydrogen-bond donors (Lipinski definition) is 2. The van der Waals surface area contributed by atoms with Crippen LogP contribution in [0.15, 0.2) is 79.9 Å². The first-order valence-corrected chi connectivity index (χ1v) is 11.6. The van der Waals surface area contributed by atoms with Gasteiger partial charge in [-0.1, -0.05) is 42.5 Å². The van der Waals surface area contributed by atoms with E-state index in [9.17, 15) is 10.2 Å². The molecule has 3 atom stereocenters. The van der Waals surface area contributed by atoms with Crippen molar-refractivity contribution in [2.45, 2.75) is 24.4 Å². The number of rotatable bonds is 16. The molecule has 2 aromatic carbocycles. The normalized spacial score (nSPS) is 18.3. The fourth-order valence-corrected chi connectivity index (χ4v) is 3.52. The number of para-hydroxylation sites is 1. The molecule has 0 spiro atoms. The Hall–Kier alpha value is -2.94. The molecule has 0 bridgehead atoms. The van der Waals surface area contributed by atoms with Gasteiger partial charge in [-0.3, -0.25) is 0 Å². The minimum atomic E-state index is -1.12. The van der Waals surface area contributed by atoms with Gasteiger partial charge in [-0.2, -0.15) is 0 Å². The van der Waals surface area contributed by atoms with Crippen molar-refractivity contribution in [2.24, 2.45) is 0 Å². The predicted octanol–water partition coefficient (Wildman–Crippen LogP) is 3.55. The summed E-state index contributed by atoms with van der Waals surface area (Å²) in [5.74, 6) is 0.145. The average molecular weight is 483 g/mol. The summed E-state index contributed by atoms with van der Waals surface area (Å²) in [7, 11) is 0. The largest absolute Gasteiger partial charge is 0.491 e. The average Bonchev–Trinajstić information content (AvgIpc) is 2.87. The van der Waals surface area contributed by atoms with Crippen LogP contribution < -0.4 is 9.47 Å². The molecule has 1 aliphatic carbocycles. The van der Waals surface area contributed by atoms with Crippen LogP contribution in [-0.4, -0.2) is 67.8 Å². The lowest BCUT2D eigenvalue weighted by molar-refractivity contribution is -0.168. The van der Waals surface area contributed by atoms with Crippen molar-refractivity contribution in [3.63, 3.8) is 0 Å². The third-order valence-electron chi connectivity index (χ3n) is 5.16. The molecule has 0 heterocycles. The smallest absolute Gasteiger partial charge is 0.234 e. The van der Waals surface area contributed by atoms with Gasteiger partial charge in [-0.25, -0.2) is 0 Å². The standard InChI is InChI=1S/C28H34O7/c1-3-14-31-18-24(29)20-33-27-11-10-22-12-13-28(17-23(22)16-27,35-26-8-6-5-7-9-26)34-21-25(30)19-32-15-4-2/h3-13,16,24-25,29-30H,1-2,14-15,17-21H2. The molecule has 0 saturated carbocycles. The molecule has 2 N–H and O–H groups in total. The Balaban J connectivity index is 1.70. The van der Waals surface area contributed by atoms with Gasteiger partial charge in [0, 0.05) is 6.42 Å². The third kappa shape index (κ3) is 8.65. The summed E-state index contributed by atoms with van der Waals surface area (Å²) in [6.45, 7) is 8.34. The molecular weight excluding hydrogens is 448 g/mol. The maximum atomic E-state index is 10.3. The Kier molecular flexibility index (Phi) is 10.5. The number of hydrogen-bond acceptors (Lipinski definition) is 7. The molecule has 1 aliphatic rings. The molecule has 0 aromatic heterocycles. The highest BCUT2D eigenvalue weighted by Gasteiger charge is 2.35. The Morgan fingerprint density at radius 1 is 0.857 bits per heavy atom. The van der Waals surface area contributed by atoms with Crippen LogP contribution in [0, 0.1) is 0 Å². The molecule has 0 saturated heterocycles. The van der Waals surface area contributed by atoms with Gasteiger partial charge < -0.3 is 33.9 Å². The van der Waals surface area contributed by atoms with Gasteiger partial charge in [0.15, 0.2) is 0 Å². The highest BCUT2D eigenvalue weighted by atomic mass is 16.7. The van der Waals surface area contributed by atoms with Crippen LogP contribution in [0.3, 0.4) is 0 Å². The molecule has 188 valence electrons. The van der Waals surface area contributed by atoms with E-state index in [0.717, 1.165) is 11.1 Å². The molecule has 7 heteroatoms. The summed E-state index contributed by atoms with van der Waals surface area (Å²) in [5.41, 5.74) is 1.97. The van der Waals surface area contributed by atoms with Gasteiger partial charge in [0.2, 0.25) is 5.79 Å². The van der Waals surface area contributed by atoms with E-state index >= 15 is 0 Å². The minimum absolute atomic E-state index is 0.0245. The SMILES string of the molecule is C=CCOCC(O)COc1ccc2c(c1)CC(OCC(O)COCC=C)(Oc1ccccc1)C=C2. The van der Waals surface area contributed by atoms with Crippen molar-refractivity contribution in [3.05, 3.63) is 91.0 Å². The van der Waals surface area contributed by atoms with E-state index in [-0.39, 0.29) is 26.4 Å². The van der Waals surface area contributed by atoms with E-state index in [1.54, 1.807) is 12.2 Å². The Morgan fingerprint density at radius 3 is 2.23 bits per heavy atom. The first-order chi connectivity index (χ1) is 17.0. The lowest BCUT2D eigenvalue weighted by atomic mass is 9.92. The molecule has 0 fully saturated rings. The Labute approximate surface area is 206 Å². The monoisotopic (exact) mass is 482 g/mol. The van der Waals surface area contributed by atoms with E-state index in [1.165, 1.54) is 0 Å². The van der Waals surface area contributed by atoms with Gasteiger partial charge in [-0.05, 0) is 41.5 Å². The van der Waals surface area contributed by atoms with Crippen LogP contribution in [0.4, 0.5) is 0 Å². The molecule has 2 aromatic rings. The molecule has 35 heavy (non-hydrogen) atoms. The first kappa shape index (κ1) is 26.7. The molecular formula is C28H34O7. The summed E-state index contributed by atoms with van der Waals surface area (Å²) in [6, 6.07) is 15.1. The predicted molar refractivity (Wildman–Crippen MR) is 134 cm³/mol. The minimum Gasteiger partial charge on any atom is -0.491 e. The van der Waals surface area contributed by atoms with Crippen molar-refractivity contribution < 1.29 is 33.9 Å². The summed E-state index contributed by atoms with van der Waals surface area (Å²) < 4.78 is 28.8. The van der Waals surface area contributed by atoms with Crippen molar-refractivity contribution in [3.8, 4) is 11.5 Å². The van der Waals surface area contributed by atoms with Gasteiger partial charge in [0.25, 0.3) is 0 Å². The topological polar surface area (TPSA) is 86.6 Å². The van der Waals surface area contributed by atoms with Crippen LogP contribution in [0.5, 0.6) is 11.5 Å². The molecule has 3 rings (SSSR count). The van der Waals surface area contributed by atoms with Gasteiger partial charge >= 0.3 is 0 Å². The molecule has 0 aliphatic heterocycles. The summed E-state index contributed by atoms with van der Waals surface area (Å²) in [4.78, 5) is 0. The van der Waals surface area contributed by atoms with Crippen LogP contribution in [-0.2, 0) is 20.6 Å². The van der Waals surface area contributed by atoms with Crippen LogP contribution in [0.25, 0.3) is 6.08 Å². The highest BCUT2D eigenvalue weighted by molar-refractivity contribution is 5.60. The number of fused-ring (bicyclic) bond motifs is 1. The lowest BCUT2D eigenvalue weighted by Gasteiger charge is -2.35. The Bertz CT molecular complexity index is 959. The maximum Gasteiger partial charge on any atom is 0.234 e. The molecule has 7 nitrogen and oxygen atoms in total. The second kappa shape index (κ2) is 13.8. The van der Waals surface area contributed by atoms with Crippen LogP contribution in [0.2, 0.25) is 0 Å². The van der Waals surface area contributed by atoms with Crippen molar-refractivity contribution in [1.82, 2.24) is 0 Å². The van der Waals surface area contributed by atoms with E-state index in [2.05, 4.69) is 13.2 Å². The fraction of sp³-hybridized carbons (Fsp3) is 0.357. The number of benzene rings is 2. The zero-order valence-corrected chi connectivity index (χ0v) is 19.9. The van der Waals surface area contributed by atoms with E-state index in [1.807, 2.05) is 60.7 Å². The van der Waals surface area contributed by atoms with Crippen molar-refractivity contribution >= 4 is 6.08 Å². The van der Waals surface area contributed by atoms with Crippen molar-refractivity contribution in [2.75, 3.05) is 39.6 Å². The summed E-state index contributed by atoms with van der Waals surface area (Å²) in [6.07, 6.45) is 5.88.